The van der Waals surface area contributed by atoms with Crippen molar-refractivity contribution in [2.24, 2.45) is 0 Å². The summed E-state index contributed by atoms with van der Waals surface area (Å²) in [5, 5.41) is 11.8. The summed E-state index contributed by atoms with van der Waals surface area (Å²) < 4.78 is 22.6. The molecule has 0 aliphatic rings. The van der Waals surface area contributed by atoms with Crippen molar-refractivity contribution < 1.29 is 42.9 Å². The van der Waals surface area contributed by atoms with Crippen LogP contribution in [0.4, 0.5) is 0 Å². The maximum atomic E-state index is 12.9. The predicted molar refractivity (Wildman–Crippen MR) is 352 cm³/mol. The summed E-state index contributed by atoms with van der Waals surface area (Å²) in [7, 11) is 5.90. The van der Waals surface area contributed by atoms with Gasteiger partial charge in [0.15, 0.2) is 12.4 Å². The number of nitrogens with zero attached hydrogens (tertiary/aromatic N) is 1. The largest absolute Gasteiger partial charge is 0.545 e. The van der Waals surface area contributed by atoms with Gasteiger partial charge in [0.25, 0.3) is 0 Å². The molecular weight excluding hydrogens is 1030 g/mol. The minimum atomic E-state index is -1.64. The van der Waals surface area contributed by atoms with Gasteiger partial charge in [-0.05, 0) is 103 Å². The van der Waals surface area contributed by atoms with Crippen LogP contribution in [0.2, 0.25) is 0 Å². The molecule has 0 radical (unpaired) electrons. The highest BCUT2D eigenvalue weighted by Gasteiger charge is 2.22. The second-order valence-corrected chi connectivity index (χ2v) is 22.6. The predicted octanol–water partition coefficient (Wildman–Crippen LogP) is 19.0. The third-order valence-corrected chi connectivity index (χ3v) is 13.6. The number of carbonyl (C=O) groups is 3. The number of hydrogen-bond acceptors (Lipinski definition) is 8. The highest BCUT2D eigenvalue weighted by atomic mass is 16.7. The first-order valence-corrected chi connectivity index (χ1v) is 33.0. The summed E-state index contributed by atoms with van der Waals surface area (Å²) in [5.41, 5.74) is 0. The Kier molecular flexibility index (Phi) is 59.5. The first-order valence-electron chi connectivity index (χ1n) is 33.0. The smallest absolute Gasteiger partial charge is 0.306 e. The molecule has 0 fully saturated rings. The Morgan fingerprint density at radius 1 is 0.361 bits per heavy atom. The zero-order valence-electron chi connectivity index (χ0n) is 53.5. The molecule has 83 heavy (non-hydrogen) atoms. The molecule has 2 atom stereocenters. The standard InChI is InChI=1S/C74H121NO8/c1-6-8-10-12-14-16-18-20-22-24-26-27-28-29-30-31-32-33-34-35-36-37-38-39-40-41-42-43-44-45-47-49-51-53-55-57-59-61-63-65-72(77)83-70(69-82-74(73(78)79)80-67-66-75(3,4)5)68-81-71(76)64-62-60-58-56-54-52-50-48-46-25-23-21-19-17-15-13-11-9-7-2/h8-11,14-17,20-23,26-27,29-30,32-33,46,48,52,54,58,60,70,74H,6-7,12-13,18-19,24-25,28,31,34-45,47,49-51,53,55-57,59,61-69H2,1-5H3/b10-8-,11-9-,16-14-,17-15-,22-20-,23-21-,27-26-,30-29-,33-32-,48-46-,54-52-,60-58-. The number of unbranched alkanes of at least 4 members (excludes halogenated alkanes) is 20. The van der Waals surface area contributed by atoms with Crippen LogP contribution in [0, 0.1) is 0 Å². The SMILES string of the molecule is CC/C=C\C/C=C\C/C=C\C/C=C\C/C=C\C/C=C\CCCCCCCCCCCCCCCCCCCCCCC(=O)OC(COC(=O)CC/C=C\C/C=C\C/C=C\C/C=C\C/C=C\C/C=C\CC)COC(OCC[N+](C)(C)C)C(=O)[O-]. The number of hydrogen-bond donors (Lipinski definition) is 0. The number of likely N-dealkylation sites (N-methyl/N-ethyl adjacent to an activating group) is 1. The minimum Gasteiger partial charge on any atom is -0.545 e. The summed E-state index contributed by atoms with van der Waals surface area (Å²) in [6, 6.07) is 0. The van der Waals surface area contributed by atoms with Crippen molar-refractivity contribution in [2.75, 3.05) is 47.5 Å². The zero-order valence-corrected chi connectivity index (χ0v) is 53.5. The van der Waals surface area contributed by atoms with Gasteiger partial charge >= 0.3 is 11.9 Å². The van der Waals surface area contributed by atoms with E-state index in [1.807, 2.05) is 33.3 Å². The van der Waals surface area contributed by atoms with Crippen molar-refractivity contribution in [2.45, 2.75) is 257 Å². The van der Waals surface area contributed by atoms with Crippen LogP contribution in [0.3, 0.4) is 0 Å². The van der Waals surface area contributed by atoms with Gasteiger partial charge in [-0.2, -0.15) is 0 Å². The Balaban J connectivity index is 4.12. The van der Waals surface area contributed by atoms with Crippen molar-refractivity contribution >= 4 is 17.9 Å². The molecule has 0 rings (SSSR count). The Morgan fingerprint density at radius 2 is 0.675 bits per heavy atom. The van der Waals surface area contributed by atoms with E-state index >= 15 is 0 Å². The van der Waals surface area contributed by atoms with Crippen LogP contribution in [0.15, 0.2) is 146 Å². The van der Waals surface area contributed by atoms with Gasteiger partial charge in [-0.25, -0.2) is 0 Å². The monoisotopic (exact) mass is 1150 g/mol. The van der Waals surface area contributed by atoms with Crippen LogP contribution in [0.1, 0.15) is 245 Å². The second-order valence-electron chi connectivity index (χ2n) is 22.6. The van der Waals surface area contributed by atoms with E-state index in [-0.39, 0.29) is 32.7 Å². The molecule has 0 spiro atoms. The number of carbonyl (C=O) groups excluding carboxylic acids is 3. The summed E-state index contributed by atoms with van der Waals surface area (Å²) in [6.07, 6.45) is 89.5. The van der Waals surface area contributed by atoms with Crippen LogP contribution in [0.25, 0.3) is 0 Å². The molecule has 0 aliphatic carbocycles. The minimum absolute atomic E-state index is 0.131. The fraction of sp³-hybridized carbons (Fsp3) is 0.635. The molecule has 470 valence electrons. The van der Waals surface area contributed by atoms with Gasteiger partial charge in [0.1, 0.15) is 13.2 Å². The van der Waals surface area contributed by atoms with Gasteiger partial charge in [-0.3, -0.25) is 9.59 Å². The molecule has 0 saturated heterocycles. The van der Waals surface area contributed by atoms with Crippen molar-refractivity contribution in [1.29, 1.82) is 0 Å². The Morgan fingerprint density at radius 3 is 1.01 bits per heavy atom. The molecule has 0 N–H and O–H groups in total. The molecule has 9 nitrogen and oxygen atoms in total. The fourth-order valence-corrected chi connectivity index (χ4v) is 8.63. The van der Waals surface area contributed by atoms with Gasteiger partial charge in [0.2, 0.25) is 0 Å². The van der Waals surface area contributed by atoms with Crippen LogP contribution in [-0.2, 0) is 33.3 Å². The Bertz CT molecular complexity index is 1870. The number of quaternary nitrogens is 1. The number of rotatable bonds is 59. The van der Waals surface area contributed by atoms with Crippen LogP contribution < -0.4 is 5.11 Å². The first kappa shape index (κ1) is 78.2. The molecule has 0 saturated carbocycles. The maximum Gasteiger partial charge on any atom is 0.306 e. The average molecular weight is 1150 g/mol. The molecule has 0 amide bonds. The van der Waals surface area contributed by atoms with Crippen molar-refractivity contribution in [3.05, 3.63) is 146 Å². The third kappa shape index (κ3) is 64.6. The lowest BCUT2D eigenvalue weighted by Crippen LogP contribution is -2.44. The van der Waals surface area contributed by atoms with Gasteiger partial charge in [0.05, 0.1) is 40.3 Å². The van der Waals surface area contributed by atoms with E-state index < -0.39 is 30.3 Å². The molecule has 0 bridgehead atoms. The zero-order chi connectivity index (χ0) is 60.5. The summed E-state index contributed by atoms with van der Waals surface area (Å²) in [4.78, 5) is 37.3. The van der Waals surface area contributed by atoms with Gasteiger partial charge < -0.3 is 33.3 Å². The molecule has 0 aliphatic heterocycles. The lowest BCUT2D eigenvalue weighted by atomic mass is 10.0. The molecule has 0 aromatic rings. The van der Waals surface area contributed by atoms with Crippen LogP contribution in [-0.4, -0.2) is 82.3 Å². The average Bonchev–Trinajstić information content (AvgIpc) is 3.46. The number of allylic oxidation sites excluding steroid dienone is 24. The molecule has 0 aromatic carbocycles. The van der Waals surface area contributed by atoms with Gasteiger partial charge in [-0.15, -0.1) is 0 Å². The Labute approximate surface area is 509 Å². The lowest BCUT2D eigenvalue weighted by molar-refractivity contribution is -0.870. The topological polar surface area (TPSA) is 111 Å². The van der Waals surface area contributed by atoms with Crippen LogP contribution in [0.5, 0.6) is 0 Å². The van der Waals surface area contributed by atoms with Gasteiger partial charge in [-0.1, -0.05) is 275 Å². The normalized spacial score (nSPS) is 13.7. The Hall–Kier alpha value is -4.83. The van der Waals surface area contributed by atoms with Crippen molar-refractivity contribution in [3.8, 4) is 0 Å². The van der Waals surface area contributed by atoms with E-state index in [4.69, 9.17) is 18.9 Å². The summed E-state index contributed by atoms with van der Waals surface area (Å²) in [5.74, 6) is -2.40. The second kappa shape index (κ2) is 63.2. The number of carboxylic acid groups (broad SMARTS) is 1. The number of esters is 2. The maximum absolute atomic E-state index is 12.9. The highest BCUT2D eigenvalue weighted by Crippen LogP contribution is 2.16. The van der Waals surface area contributed by atoms with Crippen LogP contribution >= 0.6 is 0 Å². The van der Waals surface area contributed by atoms with Crippen molar-refractivity contribution in [3.63, 3.8) is 0 Å². The van der Waals surface area contributed by atoms with E-state index in [1.54, 1.807) is 0 Å². The number of carboxylic acids is 1. The van der Waals surface area contributed by atoms with Gasteiger partial charge in [0, 0.05) is 12.8 Å². The fourth-order valence-electron chi connectivity index (χ4n) is 8.63. The highest BCUT2D eigenvalue weighted by molar-refractivity contribution is 5.70. The van der Waals surface area contributed by atoms with E-state index in [2.05, 4.69) is 148 Å². The summed E-state index contributed by atoms with van der Waals surface area (Å²) in [6.45, 7) is 4.43. The number of ether oxygens (including phenoxy) is 4. The number of aliphatic carboxylic acids is 1. The molecule has 0 aromatic heterocycles. The summed E-state index contributed by atoms with van der Waals surface area (Å²) >= 11 is 0. The van der Waals surface area contributed by atoms with E-state index in [0.717, 1.165) is 96.3 Å². The van der Waals surface area contributed by atoms with E-state index in [0.29, 0.717) is 23.9 Å². The molecular formula is C74H121NO8. The van der Waals surface area contributed by atoms with E-state index in [9.17, 15) is 19.5 Å². The third-order valence-electron chi connectivity index (χ3n) is 13.6. The lowest BCUT2D eigenvalue weighted by Gasteiger charge is -2.26. The molecule has 2 unspecified atom stereocenters. The first-order chi connectivity index (χ1) is 40.6. The molecule has 9 heteroatoms. The molecule has 0 heterocycles. The quantitative estimate of drug-likeness (QED) is 0.0195. The van der Waals surface area contributed by atoms with E-state index in [1.165, 1.54) is 109 Å². The van der Waals surface area contributed by atoms with Crippen molar-refractivity contribution in [1.82, 2.24) is 0 Å².